The third-order valence-electron chi connectivity index (χ3n) is 3.21. The molecule has 2 aromatic rings. The number of nitrogens with zero attached hydrogens (tertiary/aromatic N) is 3. The van der Waals surface area contributed by atoms with Gasteiger partial charge in [-0.15, -0.1) is 0 Å². The van der Waals surface area contributed by atoms with E-state index in [-0.39, 0.29) is 12.5 Å². The van der Waals surface area contributed by atoms with Crippen LogP contribution in [-0.2, 0) is 11.3 Å². The zero-order valence-electron chi connectivity index (χ0n) is 14.0. The van der Waals surface area contributed by atoms with Crippen LogP contribution in [0.5, 0.6) is 5.75 Å². The van der Waals surface area contributed by atoms with Crippen LogP contribution < -0.4 is 15.0 Å². The minimum absolute atomic E-state index is 0.0184. The number of para-hydroxylation sites is 1. The third kappa shape index (κ3) is 4.95. The molecule has 0 unspecified atom stereocenters. The standard InChI is InChI=1S/C17H22N4O2/c1-12-7-5-6-8-15(12)23-11-16(22)18-10-14-9-13(2)19-17(20-14)21(3)4/h5-9H,10-11H2,1-4H3,(H,18,22). The van der Waals surface area contributed by atoms with Crippen molar-refractivity contribution >= 4 is 11.9 Å². The molecule has 6 nitrogen and oxygen atoms in total. The SMILES string of the molecule is Cc1cc(CNC(=O)COc2ccccc2C)nc(N(C)C)n1. The Labute approximate surface area is 136 Å². The number of rotatable bonds is 6. The van der Waals surface area contributed by atoms with Gasteiger partial charge in [-0.05, 0) is 31.5 Å². The molecular weight excluding hydrogens is 292 g/mol. The van der Waals surface area contributed by atoms with E-state index >= 15 is 0 Å². The first-order valence-electron chi connectivity index (χ1n) is 7.42. The van der Waals surface area contributed by atoms with E-state index in [1.54, 1.807) is 0 Å². The van der Waals surface area contributed by atoms with Crippen LogP contribution in [0.25, 0.3) is 0 Å². The van der Waals surface area contributed by atoms with Crippen molar-refractivity contribution in [2.45, 2.75) is 20.4 Å². The molecule has 23 heavy (non-hydrogen) atoms. The molecule has 0 fully saturated rings. The van der Waals surface area contributed by atoms with Crippen LogP contribution in [-0.4, -0.2) is 36.6 Å². The van der Waals surface area contributed by atoms with Gasteiger partial charge in [0.25, 0.3) is 5.91 Å². The van der Waals surface area contributed by atoms with E-state index in [9.17, 15) is 4.79 Å². The molecular formula is C17H22N4O2. The molecule has 0 saturated heterocycles. The number of ether oxygens (including phenoxy) is 1. The summed E-state index contributed by atoms with van der Waals surface area (Å²) in [5.41, 5.74) is 2.64. The van der Waals surface area contributed by atoms with Crippen LogP contribution in [0.15, 0.2) is 30.3 Å². The summed E-state index contributed by atoms with van der Waals surface area (Å²) in [7, 11) is 3.76. The average Bonchev–Trinajstić information content (AvgIpc) is 2.51. The van der Waals surface area contributed by atoms with Gasteiger partial charge in [0.1, 0.15) is 5.75 Å². The van der Waals surface area contributed by atoms with Crippen molar-refractivity contribution in [2.24, 2.45) is 0 Å². The highest BCUT2D eigenvalue weighted by molar-refractivity contribution is 5.77. The Morgan fingerprint density at radius 3 is 2.65 bits per heavy atom. The summed E-state index contributed by atoms with van der Waals surface area (Å²) in [5.74, 6) is 1.16. The lowest BCUT2D eigenvalue weighted by Crippen LogP contribution is -2.29. The fourth-order valence-corrected chi connectivity index (χ4v) is 2.01. The van der Waals surface area contributed by atoms with Gasteiger partial charge in [0, 0.05) is 19.8 Å². The number of carbonyl (C=O) groups is 1. The molecule has 1 aromatic carbocycles. The highest BCUT2D eigenvalue weighted by atomic mass is 16.5. The average molecular weight is 314 g/mol. The predicted octanol–water partition coefficient (Wildman–Crippen LogP) is 1.85. The fourth-order valence-electron chi connectivity index (χ4n) is 2.01. The molecule has 0 saturated carbocycles. The maximum atomic E-state index is 11.9. The van der Waals surface area contributed by atoms with Gasteiger partial charge in [0.05, 0.1) is 12.2 Å². The van der Waals surface area contributed by atoms with Gasteiger partial charge >= 0.3 is 0 Å². The minimum Gasteiger partial charge on any atom is -0.484 e. The first-order valence-corrected chi connectivity index (χ1v) is 7.42. The van der Waals surface area contributed by atoms with E-state index in [4.69, 9.17) is 4.74 Å². The molecule has 1 N–H and O–H groups in total. The van der Waals surface area contributed by atoms with Gasteiger partial charge < -0.3 is 15.0 Å². The summed E-state index contributed by atoms with van der Waals surface area (Å²) >= 11 is 0. The fraction of sp³-hybridized carbons (Fsp3) is 0.353. The number of hydrogen-bond donors (Lipinski definition) is 1. The summed E-state index contributed by atoms with van der Waals surface area (Å²) in [5, 5.41) is 2.81. The first kappa shape index (κ1) is 16.7. The molecule has 122 valence electrons. The van der Waals surface area contributed by atoms with Crippen molar-refractivity contribution in [1.29, 1.82) is 0 Å². The lowest BCUT2D eigenvalue weighted by Gasteiger charge is -2.13. The van der Waals surface area contributed by atoms with Crippen LogP contribution in [0.4, 0.5) is 5.95 Å². The van der Waals surface area contributed by atoms with Crippen LogP contribution in [0.1, 0.15) is 17.0 Å². The van der Waals surface area contributed by atoms with Gasteiger partial charge in [0.2, 0.25) is 5.95 Å². The number of benzene rings is 1. The molecule has 1 aromatic heterocycles. The molecule has 0 aliphatic heterocycles. The molecule has 0 aliphatic rings. The Balaban J connectivity index is 1.88. The van der Waals surface area contributed by atoms with Gasteiger partial charge in [-0.1, -0.05) is 18.2 Å². The number of nitrogens with one attached hydrogen (secondary N) is 1. The Kier molecular flexibility index (Phi) is 5.51. The van der Waals surface area contributed by atoms with Crippen molar-refractivity contribution in [3.8, 4) is 5.75 Å². The second-order valence-electron chi connectivity index (χ2n) is 5.53. The number of aromatic nitrogens is 2. The van der Waals surface area contributed by atoms with Crippen molar-refractivity contribution in [1.82, 2.24) is 15.3 Å². The molecule has 1 heterocycles. The van der Waals surface area contributed by atoms with E-state index < -0.39 is 0 Å². The van der Waals surface area contributed by atoms with Gasteiger partial charge in [0.15, 0.2) is 6.61 Å². The summed E-state index contributed by atoms with van der Waals surface area (Å²) in [4.78, 5) is 22.5. The second kappa shape index (κ2) is 7.58. The van der Waals surface area contributed by atoms with Crippen molar-refractivity contribution in [3.63, 3.8) is 0 Å². The lowest BCUT2D eigenvalue weighted by molar-refractivity contribution is -0.123. The van der Waals surface area contributed by atoms with Crippen LogP contribution >= 0.6 is 0 Å². The van der Waals surface area contributed by atoms with E-state index in [1.807, 2.05) is 63.2 Å². The maximum absolute atomic E-state index is 11.9. The van der Waals surface area contributed by atoms with Crippen molar-refractivity contribution in [2.75, 3.05) is 25.6 Å². The zero-order valence-corrected chi connectivity index (χ0v) is 14.0. The second-order valence-corrected chi connectivity index (χ2v) is 5.53. The van der Waals surface area contributed by atoms with Crippen LogP contribution in [0.2, 0.25) is 0 Å². The number of anilines is 1. The number of hydrogen-bond acceptors (Lipinski definition) is 5. The predicted molar refractivity (Wildman–Crippen MR) is 89.6 cm³/mol. The monoisotopic (exact) mass is 314 g/mol. The molecule has 0 spiro atoms. The van der Waals surface area contributed by atoms with E-state index in [0.717, 1.165) is 22.7 Å². The van der Waals surface area contributed by atoms with E-state index in [1.165, 1.54) is 0 Å². The van der Waals surface area contributed by atoms with Crippen molar-refractivity contribution < 1.29 is 9.53 Å². The highest BCUT2D eigenvalue weighted by Crippen LogP contribution is 2.15. The quantitative estimate of drug-likeness (QED) is 0.881. The molecule has 0 radical (unpaired) electrons. The Morgan fingerprint density at radius 1 is 1.22 bits per heavy atom. The Morgan fingerprint density at radius 2 is 1.96 bits per heavy atom. The molecule has 0 bridgehead atoms. The highest BCUT2D eigenvalue weighted by Gasteiger charge is 2.07. The number of carbonyl (C=O) groups excluding carboxylic acids is 1. The zero-order chi connectivity index (χ0) is 16.8. The normalized spacial score (nSPS) is 10.3. The van der Waals surface area contributed by atoms with Gasteiger partial charge in [-0.2, -0.15) is 0 Å². The van der Waals surface area contributed by atoms with Crippen molar-refractivity contribution in [3.05, 3.63) is 47.3 Å². The van der Waals surface area contributed by atoms with Crippen LogP contribution in [0, 0.1) is 13.8 Å². The number of aryl methyl sites for hydroxylation is 2. The first-order chi connectivity index (χ1) is 11.0. The smallest absolute Gasteiger partial charge is 0.258 e. The molecule has 6 heteroatoms. The largest absolute Gasteiger partial charge is 0.484 e. The van der Waals surface area contributed by atoms with E-state index in [2.05, 4.69) is 15.3 Å². The van der Waals surface area contributed by atoms with Crippen LogP contribution in [0.3, 0.4) is 0 Å². The molecule has 0 atom stereocenters. The number of amides is 1. The summed E-state index contributed by atoms with van der Waals surface area (Å²) in [6, 6.07) is 9.46. The molecule has 0 aliphatic carbocycles. The summed E-state index contributed by atoms with van der Waals surface area (Å²) in [6.07, 6.45) is 0. The Hall–Kier alpha value is -2.63. The topological polar surface area (TPSA) is 67.3 Å². The Bertz CT molecular complexity index is 686. The molecule has 1 amide bonds. The van der Waals surface area contributed by atoms with Gasteiger partial charge in [-0.25, -0.2) is 9.97 Å². The minimum atomic E-state index is -0.184. The maximum Gasteiger partial charge on any atom is 0.258 e. The van der Waals surface area contributed by atoms with E-state index in [0.29, 0.717) is 12.5 Å². The summed E-state index contributed by atoms with van der Waals surface area (Å²) < 4.78 is 5.52. The molecule has 2 rings (SSSR count). The summed E-state index contributed by atoms with van der Waals surface area (Å²) in [6.45, 7) is 4.18. The lowest BCUT2D eigenvalue weighted by atomic mass is 10.2. The third-order valence-corrected chi connectivity index (χ3v) is 3.21. The van der Waals surface area contributed by atoms with Gasteiger partial charge in [-0.3, -0.25) is 4.79 Å².